The van der Waals surface area contributed by atoms with Crippen LogP contribution in [0.3, 0.4) is 0 Å². The van der Waals surface area contributed by atoms with Crippen molar-refractivity contribution in [2.75, 3.05) is 0 Å². The van der Waals surface area contributed by atoms with E-state index in [1.54, 1.807) is 0 Å². The summed E-state index contributed by atoms with van der Waals surface area (Å²) in [6.45, 7) is 0. The lowest BCUT2D eigenvalue weighted by molar-refractivity contribution is 0.0679. The number of hydrogen-bond donors (Lipinski definition) is 2. The van der Waals surface area contributed by atoms with Gasteiger partial charge in [-0.3, -0.25) is 0 Å². The second kappa shape index (κ2) is 3.52. The Balaban J connectivity index is 3.45. The number of hydrogen-bond acceptors (Lipinski definition) is 3. The van der Waals surface area contributed by atoms with Crippen molar-refractivity contribution in [2.24, 2.45) is 0 Å². The zero-order chi connectivity index (χ0) is 10.9. The molecule has 1 aromatic rings. The van der Waals surface area contributed by atoms with Crippen LogP contribution in [0.25, 0.3) is 0 Å². The molecule has 1 heterocycles. The van der Waals surface area contributed by atoms with Crippen molar-refractivity contribution in [1.29, 1.82) is 0 Å². The highest BCUT2D eigenvalue weighted by Crippen LogP contribution is 2.29. The summed E-state index contributed by atoms with van der Waals surface area (Å²) in [4.78, 5) is 13.2. The van der Waals surface area contributed by atoms with E-state index in [0.717, 1.165) is 0 Å². The van der Waals surface area contributed by atoms with E-state index in [0.29, 0.717) is 6.20 Å². The molecule has 0 aliphatic rings. The highest BCUT2D eigenvalue weighted by molar-refractivity contribution is 5.92. The van der Waals surface area contributed by atoms with Crippen molar-refractivity contribution in [2.45, 2.75) is 6.43 Å². The van der Waals surface area contributed by atoms with E-state index in [9.17, 15) is 18.0 Å². The maximum absolute atomic E-state index is 12.5. The number of alkyl halides is 2. The average Bonchev–Trinajstić information content (AvgIpc) is 2.08. The summed E-state index contributed by atoms with van der Waals surface area (Å²) in [5.41, 5.74) is -2.18. The fraction of sp³-hybridized carbons (Fsp3) is 0.143. The molecule has 4 nitrogen and oxygen atoms in total. The van der Waals surface area contributed by atoms with Gasteiger partial charge < -0.3 is 10.2 Å². The van der Waals surface area contributed by atoms with Crippen LogP contribution in [0, 0.1) is 5.95 Å². The van der Waals surface area contributed by atoms with Crippen molar-refractivity contribution in [3.05, 3.63) is 23.3 Å². The van der Waals surface area contributed by atoms with Gasteiger partial charge >= 0.3 is 5.97 Å². The predicted octanol–water partition coefficient (Wildman–Crippen LogP) is 1.56. The normalized spacial score (nSPS) is 10.6. The summed E-state index contributed by atoms with van der Waals surface area (Å²) in [5.74, 6) is -4.71. The molecule has 76 valence electrons. The van der Waals surface area contributed by atoms with Gasteiger partial charge in [0.2, 0.25) is 0 Å². The molecule has 0 saturated carbocycles. The van der Waals surface area contributed by atoms with Gasteiger partial charge in [-0.1, -0.05) is 0 Å². The van der Waals surface area contributed by atoms with E-state index in [2.05, 4.69) is 4.98 Å². The molecule has 0 unspecified atom stereocenters. The number of pyridine rings is 1. The van der Waals surface area contributed by atoms with E-state index in [4.69, 9.17) is 10.2 Å². The van der Waals surface area contributed by atoms with Crippen LogP contribution in [0.1, 0.15) is 22.3 Å². The topological polar surface area (TPSA) is 70.4 Å². The van der Waals surface area contributed by atoms with Crippen molar-refractivity contribution < 1.29 is 28.2 Å². The first kappa shape index (κ1) is 10.3. The Kier molecular flexibility index (Phi) is 2.59. The average molecular weight is 207 g/mol. The van der Waals surface area contributed by atoms with Crippen LogP contribution in [-0.2, 0) is 0 Å². The van der Waals surface area contributed by atoms with E-state index in [1.165, 1.54) is 0 Å². The first-order valence-electron chi connectivity index (χ1n) is 3.34. The Morgan fingerprint density at radius 1 is 1.50 bits per heavy atom. The highest BCUT2D eigenvalue weighted by Gasteiger charge is 2.25. The first-order valence-corrected chi connectivity index (χ1v) is 3.34. The Morgan fingerprint density at radius 3 is 2.50 bits per heavy atom. The van der Waals surface area contributed by atoms with Gasteiger partial charge in [-0.05, 0) is 0 Å². The number of nitrogens with zero attached hydrogens (tertiary/aromatic N) is 1. The third kappa shape index (κ3) is 1.61. The molecule has 0 radical (unpaired) electrons. The SMILES string of the molecule is O=C(O)c1c(C(F)F)cnc(F)c1O. The third-order valence-corrected chi connectivity index (χ3v) is 1.49. The van der Waals surface area contributed by atoms with Crippen molar-refractivity contribution in [3.8, 4) is 5.75 Å². The molecule has 2 N–H and O–H groups in total. The first-order chi connectivity index (χ1) is 6.45. The predicted molar refractivity (Wildman–Crippen MR) is 37.8 cm³/mol. The second-order valence-corrected chi connectivity index (χ2v) is 2.33. The van der Waals surface area contributed by atoms with Crippen LogP contribution in [0.4, 0.5) is 13.2 Å². The number of halogens is 3. The van der Waals surface area contributed by atoms with E-state index in [-0.39, 0.29) is 0 Å². The molecular weight excluding hydrogens is 203 g/mol. The van der Waals surface area contributed by atoms with Crippen LogP contribution in [0.2, 0.25) is 0 Å². The molecule has 0 aliphatic carbocycles. The van der Waals surface area contributed by atoms with Crippen molar-refractivity contribution in [1.82, 2.24) is 4.98 Å². The Labute approximate surface area is 75.6 Å². The molecule has 1 rings (SSSR count). The summed E-state index contributed by atoms with van der Waals surface area (Å²) in [5, 5.41) is 17.3. The summed E-state index contributed by atoms with van der Waals surface area (Å²) < 4.78 is 36.8. The molecule has 14 heavy (non-hydrogen) atoms. The van der Waals surface area contributed by atoms with Crippen LogP contribution in [0.5, 0.6) is 5.75 Å². The van der Waals surface area contributed by atoms with Gasteiger partial charge in [0.25, 0.3) is 12.4 Å². The number of carboxylic acid groups (broad SMARTS) is 1. The summed E-state index contributed by atoms with van der Waals surface area (Å²) in [6.07, 6.45) is -2.76. The fourth-order valence-electron chi connectivity index (χ4n) is 0.882. The van der Waals surface area contributed by atoms with Crippen LogP contribution in [0.15, 0.2) is 6.20 Å². The summed E-state index contributed by atoms with van der Waals surface area (Å²) >= 11 is 0. The van der Waals surface area contributed by atoms with Gasteiger partial charge in [-0.25, -0.2) is 18.6 Å². The maximum Gasteiger partial charge on any atom is 0.340 e. The lowest BCUT2D eigenvalue weighted by Crippen LogP contribution is -2.06. The van der Waals surface area contributed by atoms with Gasteiger partial charge in [-0.2, -0.15) is 4.39 Å². The van der Waals surface area contributed by atoms with E-state index in [1.807, 2.05) is 0 Å². The molecule has 0 spiro atoms. The number of carbonyl (C=O) groups is 1. The van der Waals surface area contributed by atoms with Gasteiger partial charge in [0.15, 0.2) is 5.75 Å². The molecule has 0 amide bonds. The van der Waals surface area contributed by atoms with E-state index < -0.39 is 35.2 Å². The zero-order valence-corrected chi connectivity index (χ0v) is 6.54. The van der Waals surface area contributed by atoms with E-state index >= 15 is 0 Å². The lowest BCUT2D eigenvalue weighted by Gasteiger charge is -2.06. The smallest absolute Gasteiger partial charge is 0.340 e. The zero-order valence-electron chi connectivity index (χ0n) is 6.54. The maximum atomic E-state index is 12.5. The molecule has 0 bridgehead atoms. The third-order valence-electron chi connectivity index (χ3n) is 1.49. The molecule has 0 aromatic carbocycles. The minimum atomic E-state index is -3.14. The molecular formula is C7H4F3NO3. The number of aromatic hydroxyl groups is 1. The van der Waals surface area contributed by atoms with Gasteiger partial charge in [0, 0.05) is 6.20 Å². The van der Waals surface area contributed by atoms with Crippen molar-refractivity contribution in [3.63, 3.8) is 0 Å². The van der Waals surface area contributed by atoms with Gasteiger partial charge in [0.1, 0.15) is 5.56 Å². The molecule has 1 aromatic heterocycles. The summed E-state index contributed by atoms with van der Waals surface area (Å²) in [7, 11) is 0. The van der Waals surface area contributed by atoms with Gasteiger partial charge in [0.05, 0.1) is 5.56 Å². The molecule has 0 aliphatic heterocycles. The summed E-state index contributed by atoms with van der Waals surface area (Å²) in [6, 6.07) is 0. The number of aromatic nitrogens is 1. The number of aromatic carboxylic acids is 1. The Morgan fingerprint density at radius 2 is 2.07 bits per heavy atom. The van der Waals surface area contributed by atoms with Crippen molar-refractivity contribution >= 4 is 5.97 Å². The van der Waals surface area contributed by atoms with Crippen LogP contribution < -0.4 is 0 Å². The lowest BCUT2D eigenvalue weighted by atomic mass is 10.1. The quantitative estimate of drug-likeness (QED) is 0.722. The minimum Gasteiger partial charge on any atom is -0.503 e. The van der Waals surface area contributed by atoms with Crippen LogP contribution >= 0.6 is 0 Å². The molecule has 7 heteroatoms. The second-order valence-electron chi connectivity index (χ2n) is 2.33. The Bertz CT molecular complexity index is 381. The number of rotatable bonds is 2. The number of carboxylic acids is 1. The molecule has 0 saturated heterocycles. The van der Waals surface area contributed by atoms with Gasteiger partial charge in [-0.15, -0.1) is 0 Å². The largest absolute Gasteiger partial charge is 0.503 e. The standard InChI is InChI=1S/C7H4F3NO3/c8-5(9)2-1-11-6(10)4(12)3(2)7(13)14/h1,5,12H,(H,13,14). The molecule has 0 fully saturated rings. The highest BCUT2D eigenvalue weighted by atomic mass is 19.3. The fourth-order valence-corrected chi connectivity index (χ4v) is 0.882. The monoisotopic (exact) mass is 207 g/mol. The minimum absolute atomic E-state index is 0.378. The molecule has 0 atom stereocenters. The Hall–Kier alpha value is -1.79. The van der Waals surface area contributed by atoms with Crippen LogP contribution in [-0.4, -0.2) is 21.2 Å².